The zero-order chi connectivity index (χ0) is 17.1. The van der Waals surface area contributed by atoms with Crippen molar-refractivity contribution in [3.8, 4) is 11.5 Å². The Morgan fingerprint density at radius 2 is 1.12 bits per heavy atom. The van der Waals surface area contributed by atoms with Crippen molar-refractivity contribution in [3.05, 3.63) is 57.5 Å². The van der Waals surface area contributed by atoms with Crippen molar-refractivity contribution in [2.75, 3.05) is 0 Å². The molecule has 24 heavy (non-hydrogen) atoms. The quantitative estimate of drug-likeness (QED) is 0.495. The zero-order valence-electron chi connectivity index (χ0n) is 12.6. The number of esters is 2. The fourth-order valence-electron chi connectivity index (χ4n) is 2.44. The lowest BCUT2D eigenvalue weighted by molar-refractivity contribution is -0.151. The molecule has 1 saturated carbocycles. The Morgan fingerprint density at radius 1 is 0.750 bits per heavy atom. The van der Waals surface area contributed by atoms with Gasteiger partial charge >= 0.3 is 11.9 Å². The topological polar surface area (TPSA) is 52.6 Å². The number of ether oxygens (including phenoxy) is 2. The Kier molecular flexibility index (Phi) is 5.36. The maximum absolute atomic E-state index is 12.1. The molecule has 1 aliphatic carbocycles. The van der Waals surface area contributed by atoms with Gasteiger partial charge in [-0.05, 0) is 69.0 Å². The van der Waals surface area contributed by atoms with Crippen LogP contribution in [0.3, 0.4) is 0 Å². The van der Waals surface area contributed by atoms with Crippen LogP contribution in [0.1, 0.15) is 12.8 Å². The summed E-state index contributed by atoms with van der Waals surface area (Å²) in [6.45, 7) is 0. The van der Waals surface area contributed by atoms with Crippen molar-refractivity contribution < 1.29 is 19.1 Å². The molecule has 0 radical (unpaired) electrons. The van der Waals surface area contributed by atoms with Gasteiger partial charge in [-0.3, -0.25) is 9.59 Å². The summed E-state index contributed by atoms with van der Waals surface area (Å²) in [5.74, 6) is -0.190. The number of para-hydroxylation sites is 2. The largest absolute Gasteiger partial charge is 0.425 e. The molecule has 2 aromatic rings. The summed E-state index contributed by atoms with van der Waals surface area (Å²) in [6.07, 6.45) is 0.902. The maximum Gasteiger partial charge on any atom is 0.314 e. The van der Waals surface area contributed by atoms with Crippen molar-refractivity contribution >= 4 is 43.8 Å². The minimum atomic E-state index is -0.313. The number of carbonyl (C=O) groups excluding carboxylic acids is 2. The second-order valence-corrected chi connectivity index (χ2v) is 7.28. The monoisotopic (exact) mass is 452 g/mol. The summed E-state index contributed by atoms with van der Waals surface area (Å²) in [5.41, 5.74) is 0. The van der Waals surface area contributed by atoms with Gasteiger partial charge in [-0.2, -0.15) is 0 Å². The van der Waals surface area contributed by atoms with Gasteiger partial charge in [0.2, 0.25) is 0 Å². The zero-order valence-corrected chi connectivity index (χ0v) is 15.7. The van der Waals surface area contributed by atoms with Gasteiger partial charge in [-0.15, -0.1) is 0 Å². The molecule has 2 aromatic carbocycles. The van der Waals surface area contributed by atoms with Gasteiger partial charge in [-0.25, -0.2) is 0 Å². The van der Waals surface area contributed by atoms with E-state index in [0.717, 1.165) is 8.95 Å². The first-order valence-electron chi connectivity index (χ1n) is 7.47. The highest BCUT2D eigenvalue weighted by Crippen LogP contribution is 2.37. The second-order valence-electron chi connectivity index (χ2n) is 5.57. The molecule has 1 fully saturated rings. The van der Waals surface area contributed by atoms with Gasteiger partial charge in [0.05, 0.1) is 20.8 Å². The van der Waals surface area contributed by atoms with Gasteiger partial charge < -0.3 is 9.47 Å². The number of hydrogen-bond donors (Lipinski definition) is 0. The summed E-state index contributed by atoms with van der Waals surface area (Å²) in [7, 11) is 0. The minimum absolute atomic E-state index is 0.270. The van der Waals surface area contributed by atoms with E-state index in [0.29, 0.717) is 24.3 Å². The van der Waals surface area contributed by atoms with Crippen LogP contribution in [0.25, 0.3) is 0 Å². The molecule has 1 aliphatic rings. The molecule has 0 N–H and O–H groups in total. The molecule has 0 atom stereocenters. The number of halogens is 2. The summed E-state index contributed by atoms with van der Waals surface area (Å²) in [6, 6.07) is 14.3. The first kappa shape index (κ1) is 17.2. The average Bonchev–Trinajstić information content (AvgIpc) is 2.50. The van der Waals surface area contributed by atoms with E-state index in [1.54, 1.807) is 36.4 Å². The summed E-state index contributed by atoms with van der Waals surface area (Å²) >= 11 is 6.67. The minimum Gasteiger partial charge on any atom is -0.425 e. The van der Waals surface area contributed by atoms with E-state index in [1.165, 1.54) is 0 Å². The molecule has 3 rings (SSSR count). The molecular formula is C18H14Br2O4. The predicted octanol–water partition coefficient (Wildman–Crippen LogP) is 4.75. The van der Waals surface area contributed by atoms with Gasteiger partial charge in [0.25, 0.3) is 0 Å². The van der Waals surface area contributed by atoms with Crippen LogP contribution < -0.4 is 9.47 Å². The van der Waals surface area contributed by atoms with E-state index < -0.39 is 0 Å². The predicted molar refractivity (Wildman–Crippen MR) is 95.8 cm³/mol. The van der Waals surface area contributed by atoms with E-state index in [9.17, 15) is 9.59 Å². The molecule has 0 unspecified atom stereocenters. The Morgan fingerprint density at radius 3 is 1.50 bits per heavy atom. The fourth-order valence-corrected chi connectivity index (χ4v) is 3.17. The third-order valence-electron chi connectivity index (χ3n) is 3.90. The highest BCUT2D eigenvalue weighted by atomic mass is 79.9. The van der Waals surface area contributed by atoms with E-state index in [1.807, 2.05) is 12.1 Å². The molecular weight excluding hydrogens is 440 g/mol. The van der Waals surface area contributed by atoms with Gasteiger partial charge in [-0.1, -0.05) is 24.3 Å². The molecule has 124 valence electrons. The molecule has 0 heterocycles. The van der Waals surface area contributed by atoms with E-state index in [-0.39, 0.29) is 23.8 Å². The summed E-state index contributed by atoms with van der Waals surface area (Å²) in [5, 5.41) is 0. The Labute approximate surface area is 156 Å². The van der Waals surface area contributed by atoms with Crippen molar-refractivity contribution in [2.45, 2.75) is 12.8 Å². The first-order chi connectivity index (χ1) is 11.5. The van der Waals surface area contributed by atoms with Crippen LogP contribution in [-0.4, -0.2) is 11.9 Å². The first-order valence-corrected chi connectivity index (χ1v) is 9.05. The van der Waals surface area contributed by atoms with Gasteiger partial charge in [0.1, 0.15) is 11.5 Å². The third kappa shape index (κ3) is 3.87. The molecule has 6 heteroatoms. The van der Waals surface area contributed by atoms with Crippen LogP contribution in [0, 0.1) is 11.8 Å². The molecule has 0 aromatic heterocycles. The number of hydrogen-bond acceptors (Lipinski definition) is 4. The molecule has 0 saturated heterocycles. The standard InChI is InChI=1S/C18H14Br2O4/c19-13-5-1-3-7-15(13)23-17(21)11-9-12(10-11)18(22)24-16-8-4-2-6-14(16)20/h1-8,11-12H,9-10H2. The number of carbonyl (C=O) groups is 2. The van der Waals surface area contributed by atoms with E-state index in [4.69, 9.17) is 9.47 Å². The summed E-state index contributed by atoms with van der Waals surface area (Å²) < 4.78 is 12.2. The Hall–Kier alpha value is -1.66. The van der Waals surface area contributed by atoms with Crippen molar-refractivity contribution in [1.29, 1.82) is 0 Å². The Bertz CT molecular complexity index is 706. The van der Waals surface area contributed by atoms with Gasteiger partial charge in [0.15, 0.2) is 0 Å². The number of benzene rings is 2. The van der Waals surface area contributed by atoms with Crippen molar-refractivity contribution in [2.24, 2.45) is 11.8 Å². The van der Waals surface area contributed by atoms with Crippen LogP contribution in [0.2, 0.25) is 0 Å². The average molecular weight is 454 g/mol. The van der Waals surface area contributed by atoms with E-state index >= 15 is 0 Å². The van der Waals surface area contributed by atoms with Crippen LogP contribution in [0.5, 0.6) is 11.5 Å². The number of rotatable bonds is 4. The van der Waals surface area contributed by atoms with Crippen LogP contribution in [0.15, 0.2) is 57.5 Å². The Balaban J connectivity index is 1.52. The summed E-state index contributed by atoms with van der Waals surface area (Å²) in [4.78, 5) is 24.2. The molecule has 4 nitrogen and oxygen atoms in total. The van der Waals surface area contributed by atoms with Crippen molar-refractivity contribution in [3.63, 3.8) is 0 Å². The molecule has 0 bridgehead atoms. The lowest BCUT2D eigenvalue weighted by Crippen LogP contribution is -2.39. The normalized spacial score (nSPS) is 19.2. The SMILES string of the molecule is O=C(Oc1ccccc1Br)C1CC(C(=O)Oc2ccccc2Br)C1. The lowest BCUT2D eigenvalue weighted by Gasteiger charge is -2.31. The third-order valence-corrected chi connectivity index (χ3v) is 5.21. The van der Waals surface area contributed by atoms with Gasteiger partial charge in [0, 0.05) is 0 Å². The highest BCUT2D eigenvalue weighted by Gasteiger charge is 2.41. The van der Waals surface area contributed by atoms with Crippen LogP contribution in [0.4, 0.5) is 0 Å². The van der Waals surface area contributed by atoms with Crippen LogP contribution in [-0.2, 0) is 9.59 Å². The molecule has 0 amide bonds. The second kappa shape index (κ2) is 7.49. The van der Waals surface area contributed by atoms with Crippen LogP contribution >= 0.6 is 31.9 Å². The lowest BCUT2D eigenvalue weighted by atomic mass is 9.75. The molecule has 0 aliphatic heterocycles. The van der Waals surface area contributed by atoms with Crippen molar-refractivity contribution in [1.82, 2.24) is 0 Å². The smallest absolute Gasteiger partial charge is 0.314 e. The highest BCUT2D eigenvalue weighted by molar-refractivity contribution is 9.10. The van der Waals surface area contributed by atoms with E-state index in [2.05, 4.69) is 31.9 Å². The fraction of sp³-hybridized carbons (Fsp3) is 0.222. The molecule has 0 spiro atoms. The maximum atomic E-state index is 12.1.